The van der Waals surface area contributed by atoms with Gasteiger partial charge in [-0.05, 0) is 85.7 Å². The highest BCUT2D eigenvalue weighted by Crippen LogP contribution is 2.35. The van der Waals surface area contributed by atoms with E-state index in [2.05, 4.69) is 109 Å². The van der Waals surface area contributed by atoms with Crippen LogP contribution in [-0.4, -0.2) is 26.2 Å². The zero-order chi connectivity index (χ0) is 26.1. The Hall–Kier alpha value is -2.00. The molecule has 0 spiro atoms. The van der Waals surface area contributed by atoms with Crippen LogP contribution in [0.15, 0.2) is 24.3 Å². The lowest BCUT2D eigenvalue weighted by atomic mass is 9.90. The number of rotatable bonds is 14. The van der Waals surface area contributed by atoms with Gasteiger partial charge in [0.25, 0.3) is 0 Å². The number of anilines is 2. The summed E-state index contributed by atoms with van der Waals surface area (Å²) in [4.78, 5) is 0. The average molecular weight is 480 g/mol. The number of benzene rings is 2. The van der Waals surface area contributed by atoms with Gasteiger partial charge >= 0.3 is 0 Å². The van der Waals surface area contributed by atoms with Crippen molar-refractivity contribution in [3.8, 4) is 0 Å². The van der Waals surface area contributed by atoms with Crippen LogP contribution in [0, 0.1) is 13.8 Å². The van der Waals surface area contributed by atoms with Crippen LogP contribution in [0.4, 0.5) is 11.4 Å². The van der Waals surface area contributed by atoms with Gasteiger partial charge in [0.2, 0.25) is 0 Å². The molecule has 0 aliphatic rings. The standard InChI is InChI=1S/C32H53N3/c1-21(2)27-17-25(9)18-28(22(3)4)31(27)34-15-11-13-33-14-12-16-35-32-29(23(5)6)19-26(10)20-30(32)24(7)8/h17-24,33-35H,11-16H2,1-10H3. The molecule has 35 heavy (non-hydrogen) atoms. The van der Waals surface area contributed by atoms with Gasteiger partial charge in [-0.2, -0.15) is 0 Å². The molecule has 0 bridgehead atoms. The van der Waals surface area contributed by atoms with E-state index in [1.54, 1.807) is 0 Å². The lowest BCUT2D eigenvalue weighted by molar-refractivity contribution is 0.641. The van der Waals surface area contributed by atoms with Crippen molar-refractivity contribution in [1.29, 1.82) is 0 Å². The predicted octanol–water partition coefficient (Wildman–Crippen LogP) is 8.69. The quantitative estimate of drug-likeness (QED) is 0.237. The van der Waals surface area contributed by atoms with Crippen molar-refractivity contribution in [2.24, 2.45) is 0 Å². The maximum atomic E-state index is 3.78. The van der Waals surface area contributed by atoms with Crippen molar-refractivity contribution in [3.05, 3.63) is 57.6 Å². The monoisotopic (exact) mass is 479 g/mol. The molecule has 0 radical (unpaired) electrons. The first-order valence-electron chi connectivity index (χ1n) is 14.0. The molecule has 3 heteroatoms. The van der Waals surface area contributed by atoms with Gasteiger partial charge in [-0.1, -0.05) is 90.8 Å². The molecule has 0 saturated heterocycles. The van der Waals surface area contributed by atoms with Crippen LogP contribution < -0.4 is 16.0 Å². The fraction of sp³-hybridized carbons (Fsp3) is 0.625. The van der Waals surface area contributed by atoms with Crippen LogP contribution in [0.2, 0.25) is 0 Å². The SMILES string of the molecule is Cc1cc(C(C)C)c(NCCCNCCCNc2c(C(C)C)cc(C)cc2C(C)C)c(C(C)C)c1. The Bertz CT molecular complexity index is 791. The summed E-state index contributed by atoms with van der Waals surface area (Å²) in [6.45, 7) is 26.9. The molecule has 0 aromatic heterocycles. The molecule has 0 saturated carbocycles. The summed E-state index contributed by atoms with van der Waals surface area (Å²) in [5, 5.41) is 11.2. The van der Waals surface area contributed by atoms with Gasteiger partial charge in [0.05, 0.1) is 0 Å². The number of nitrogens with one attached hydrogen (secondary N) is 3. The Morgan fingerprint density at radius 1 is 0.486 bits per heavy atom. The van der Waals surface area contributed by atoms with Crippen LogP contribution in [0.1, 0.15) is 125 Å². The minimum Gasteiger partial charge on any atom is -0.385 e. The molecule has 0 aliphatic heterocycles. The van der Waals surface area contributed by atoms with Crippen molar-refractivity contribution in [3.63, 3.8) is 0 Å². The molecule has 2 rings (SSSR count). The summed E-state index contributed by atoms with van der Waals surface area (Å²) in [6, 6.07) is 9.42. The molecule has 0 aliphatic carbocycles. The molecule has 0 amide bonds. The highest BCUT2D eigenvalue weighted by Gasteiger charge is 2.16. The Morgan fingerprint density at radius 2 is 0.771 bits per heavy atom. The van der Waals surface area contributed by atoms with E-state index in [0.717, 1.165) is 39.0 Å². The number of hydrogen-bond donors (Lipinski definition) is 3. The Labute approximate surface area is 216 Å². The smallest absolute Gasteiger partial charge is 0.0410 e. The maximum Gasteiger partial charge on any atom is 0.0410 e. The van der Waals surface area contributed by atoms with Crippen LogP contribution in [0.3, 0.4) is 0 Å². The summed E-state index contributed by atoms with van der Waals surface area (Å²) >= 11 is 0. The second kappa shape index (κ2) is 13.9. The first kappa shape index (κ1) is 29.2. The fourth-order valence-corrected chi connectivity index (χ4v) is 4.89. The Kier molecular flexibility index (Phi) is 11.6. The van der Waals surface area contributed by atoms with Crippen LogP contribution in [-0.2, 0) is 0 Å². The highest BCUT2D eigenvalue weighted by atomic mass is 14.9. The minimum absolute atomic E-state index is 0.529. The van der Waals surface area contributed by atoms with Crippen molar-refractivity contribution < 1.29 is 0 Å². The van der Waals surface area contributed by atoms with Gasteiger partial charge in [0.15, 0.2) is 0 Å². The summed E-state index contributed by atoms with van der Waals surface area (Å²) in [7, 11) is 0. The van der Waals surface area contributed by atoms with E-state index in [0.29, 0.717) is 23.7 Å². The van der Waals surface area contributed by atoms with E-state index >= 15 is 0 Å². The van der Waals surface area contributed by atoms with E-state index in [-0.39, 0.29) is 0 Å². The molecule has 2 aromatic rings. The minimum atomic E-state index is 0.529. The normalized spacial score (nSPS) is 11.8. The van der Waals surface area contributed by atoms with E-state index in [4.69, 9.17) is 0 Å². The molecule has 2 aromatic carbocycles. The first-order chi connectivity index (χ1) is 16.5. The van der Waals surface area contributed by atoms with Crippen LogP contribution in [0.5, 0.6) is 0 Å². The van der Waals surface area contributed by atoms with Crippen LogP contribution in [0.25, 0.3) is 0 Å². The van der Waals surface area contributed by atoms with Gasteiger partial charge in [-0.3, -0.25) is 0 Å². The second-order valence-electron chi connectivity index (χ2n) is 11.6. The third kappa shape index (κ3) is 8.56. The molecule has 0 unspecified atom stereocenters. The lowest BCUT2D eigenvalue weighted by Crippen LogP contribution is -2.22. The molecule has 0 atom stereocenters. The molecular weight excluding hydrogens is 426 g/mol. The lowest BCUT2D eigenvalue weighted by Gasteiger charge is -2.22. The first-order valence-corrected chi connectivity index (χ1v) is 14.0. The predicted molar refractivity (Wildman–Crippen MR) is 158 cm³/mol. The third-order valence-electron chi connectivity index (χ3n) is 6.84. The topological polar surface area (TPSA) is 36.1 Å². The zero-order valence-electron chi connectivity index (χ0n) is 24.4. The highest BCUT2D eigenvalue weighted by molar-refractivity contribution is 5.62. The van der Waals surface area contributed by atoms with Gasteiger partial charge in [-0.15, -0.1) is 0 Å². The summed E-state index contributed by atoms with van der Waals surface area (Å²) in [6.07, 6.45) is 2.26. The summed E-state index contributed by atoms with van der Waals surface area (Å²) in [5.41, 5.74) is 11.3. The van der Waals surface area contributed by atoms with Crippen molar-refractivity contribution in [2.45, 2.75) is 106 Å². The van der Waals surface area contributed by atoms with Gasteiger partial charge in [0.1, 0.15) is 0 Å². The molecule has 3 N–H and O–H groups in total. The van der Waals surface area contributed by atoms with E-state index in [1.165, 1.54) is 44.8 Å². The maximum absolute atomic E-state index is 3.78. The zero-order valence-corrected chi connectivity index (χ0v) is 24.4. The van der Waals surface area contributed by atoms with Gasteiger partial charge in [0, 0.05) is 24.5 Å². The van der Waals surface area contributed by atoms with Gasteiger partial charge in [-0.25, -0.2) is 0 Å². The van der Waals surface area contributed by atoms with Gasteiger partial charge < -0.3 is 16.0 Å². The fourth-order valence-electron chi connectivity index (χ4n) is 4.89. The molecule has 0 fully saturated rings. The van der Waals surface area contributed by atoms with Crippen molar-refractivity contribution in [2.75, 3.05) is 36.8 Å². The average Bonchev–Trinajstić information content (AvgIpc) is 2.78. The summed E-state index contributed by atoms with van der Waals surface area (Å²) < 4.78 is 0. The Balaban J connectivity index is 1.80. The molecule has 0 heterocycles. The van der Waals surface area contributed by atoms with E-state index in [9.17, 15) is 0 Å². The van der Waals surface area contributed by atoms with Crippen molar-refractivity contribution >= 4 is 11.4 Å². The number of hydrogen-bond acceptors (Lipinski definition) is 3. The third-order valence-corrected chi connectivity index (χ3v) is 6.84. The Morgan fingerprint density at radius 3 is 1.03 bits per heavy atom. The molecule has 196 valence electrons. The number of aryl methyl sites for hydroxylation is 2. The molecule has 3 nitrogen and oxygen atoms in total. The molecular formula is C32H53N3. The van der Waals surface area contributed by atoms with E-state index < -0.39 is 0 Å². The van der Waals surface area contributed by atoms with Crippen LogP contribution >= 0.6 is 0 Å². The van der Waals surface area contributed by atoms with E-state index in [1.807, 2.05) is 0 Å². The van der Waals surface area contributed by atoms with Crippen molar-refractivity contribution in [1.82, 2.24) is 5.32 Å². The summed E-state index contributed by atoms with van der Waals surface area (Å²) in [5.74, 6) is 2.12. The second-order valence-corrected chi connectivity index (χ2v) is 11.6. The largest absolute Gasteiger partial charge is 0.385 e.